The minimum Gasteiger partial charge on any atom is -0.285 e. The molecular weight excluding hydrogens is 286 g/mol. The topological polar surface area (TPSA) is 58.1 Å². The number of nitrogens with zero attached hydrogens (tertiary/aromatic N) is 2. The van der Waals surface area contributed by atoms with Crippen molar-refractivity contribution in [1.29, 1.82) is 0 Å². The number of fused-ring (bicyclic) bond motifs is 1. The molecule has 1 aliphatic carbocycles. The number of aromatic amines is 1. The normalized spacial score (nSPS) is 19.3. The number of hydrogen-bond donors (Lipinski definition) is 1. The molecule has 112 valence electrons. The third-order valence-electron chi connectivity index (χ3n) is 4.10. The van der Waals surface area contributed by atoms with Gasteiger partial charge in [-0.25, -0.2) is 4.99 Å². The molecule has 4 nitrogen and oxygen atoms in total. The minimum atomic E-state index is -0.130. The van der Waals surface area contributed by atoms with Crippen LogP contribution in [0.3, 0.4) is 0 Å². The van der Waals surface area contributed by atoms with E-state index in [0.29, 0.717) is 6.42 Å². The molecule has 2 aromatic rings. The van der Waals surface area contributed by atoms with Crippen LogP contribution in [-0.2, 0) is 11.2 Å². The number of rotatable bonds is 3. The van der Waals surface area contributed by atoms with Crippen LogP contribution in [-0.4, -0.2) is 21.8 Å². The minimum absolute atomic E-state index is 0.123. The van der Waals surface area contributed by atoms with Gasteiger partial charge in [0.15, 0.2) is 0 Å². The molecule has 0 bridgehead atoms. The summed E-state index contributed by atoms with van der Waals surface area (Å²) in [6.07, 6.45) is 14.2. The van der Waals surface area contributed by atoms with Crippen LogP contribution in [0.5, 0.6) is 0 Å². The number of nitrogens with one attached hydrogen (secondary N) is 1. The highest BCUT2D eigenvalue weighted by molar-refractivity contribution is 6.13. The Morgan fingerprint density at radius 1 is 1.09 bits per heavy atom. The lowest BCUT2D eigenvalue weighted by Gasteiger charge is -2.18. The Hall–Kier alpha value is -3.01. The monoisotopic (exact) mass is 301 g/mol. The van der Waals surface area contributed by atoms with E-state index in [1.807, 2.05) is 54.8 Å². The van der Waals surface area contributed by atoms with Crippen LogP contribution in [0, 0.1) is 5.92 Å². The van der Waals surface area contributed by atoms with Gasteiger partial charge in [0.25, 0.3) is 5.91 Å². The second-order valence-corrected chi connectivity index (χ2v) is 5.66. The molecule has 2 heterocycles. The summed E-state index contributed by atoms with van der Waals surface area (Å²) in [5.74, 6) is -0.00647. The summed E-state index contributed by atoms with van der Waals surface area (Å²) in [6.45, 7) is 0. The lowest BCUT2D eigenvalue weighted by atomic mass is 9.90. The number of aromatic nitrogens is 2. The van der Waals surface area contributed by atoms with E-state index in [1.165, 1.54) is 0 Å². The molecule has 0 radical (unpaired) electrons. The zero-order chi connectivity index (χ0) is 15.6. The number of benzene rings is 1. The van der Waals surface area contributed by atoms with E-state index < -0.39 is 0 Å². The SMILES string of the molecule is O=C1N=C2C=CC=CC2C=C1Cc1ccc(-c2cn[nH]c2)cc1. The van der Waals surface area contributed by atoms with Gasteiger partial charge < -0.3 is 0 Å². The number of allylic oxidation sites excluding steroid dienone is 5. The summed E-state index contributed by atoms with van der Waals surface area (Å²) in [7, 11) is 0. The summed E-state index contributed by atoms with van der Waals surface area (Å²) < 4.78 is 0. The molecule has 4 heteroatoms. The van der Waals surface area contributed by atoms with Crippen molar-refractivity contribution in [2.75, 3.05) is 0 Å². The Morgan fingerprint density at radius 3 is 2.74 bits per heavy atom. The molecule has 1 aliphatic heterocycles. The summed E-state index contributed by atoms with van der Waals surface area (Å²) in [5, 5.41) is 6.77. The third kappa shape index (κ3) is 2.71. The van der Waals surface area contributed by atoms with Crippen molar-refractivity contribution in [3.8, 4) is 11.1 Å². The highest BCUT2D eigenvalue weighted by Crippen LogP contribution is 2.24. The van der Waals surface area contributed by atoms with Crippen LogP contribution in [0.15, 0.2) is 77.6 Å². The maximum Gasteiger partial charge on any atom is 0.273 e. The highest BCUT2D eigenvalue weighted by Gasteiger charge is 2.21. The van der Waals surface area contributed by atoms with Gasteiger partial charge in [-0.15, -0.1) is 0 Å². The molecule has 1 atom stereocenters. The summed E-state index contributed by atoms with van der Waals surface area (Å²) >= 11 is 0. The van der Waals surface area contributed by atoms with Gasteiger partial charge in [0.05, 0.1) is 11.9 Å². The first-order valence-corrected chi connectivity index (χ1v) is 7.56. The standard InChI is InChI=1S/C19H15N3O/c23-19-16(10-15-3-1-2-4-18(15)22-19)9-13-5-7-14(8-6-13)17-11-20-21-12-17/h1-8,10-12,15H,9H2,(H,20,21). The zero-order valence-corrected chi connectivity index (χ0v) is 12.4. The first-order chi connectivity index (χ1) is 11.3. The van der Waals surface area contributed by atoms with Crippen LogP contribution >= 0.6 is 0 Å². The van der Waals surface area contributed by atoms with Gasteiger partial charge in [0.2, 0.25) is 0 Å². The smallest absolute Gasteiger partial charge is 0.273 e. The van der Waals surface area contributed by atoms with Crippen LogP contribution in [0.25, 0.3) is 11.1 Å². The van der Waals surface area contributed by atoms with Crippen molar-refractivity contribution in [3.05, 3.63) is 78.2 Å². The van der Waals surface area contributed by atoms with Gasteiger partial charge in [-0.05, 0) is 17.2 Å². The Morgan fingerprint density at radius 2 is 1.96 bits per heavy atom. The van der Waals surface area contributed by atoms with E-state index in [2.05, 4.69) is 21.3 Å². The van der Waals surface area contributed by atoms with Crippen molar-refractivity contribution in [2.45, 2.75) is 6.42 Å². The average molecular weight is 301 g/mol. The van der Waals surface area contributed by atoms with E-state index in [9.17, 15) is 4.79 Å². The van der Waals surface area contributed by atoms with Crippen molar-refractivity contribution < 1.29 is 4.79 Å². The zero-order valence-electron chi connectivity index (χ0n) is 12.4. The number of carbonyl (C=O) groups is 1. The Balaban J connectivity index is 1.54. The number of amides is 1. The van der Waals surface area contributed by atoms with Gasteiger partial charge in [-0.1, -0.05) is 48.6 Å². The van der Waals surface area contributed by atoms with Gasteiger partial charge >= 0.3 is 0 Å². The average Bonchev–Trinajstić information content (AvgIpc) is 3.11. The van der Waals surface area contributed by atoms with Gasteiger partial charge in [-0.2, -0.15) is 5.10 Å². The van der Waals surface area contributed by atoms with Gasteiger partial charge in [0, 0.05) is 29.7 Å². The van der Waals surface area contributed by atoms with E-state index in [-0.39, 0.29) is 11.8 Å². The van der Waals surface area contributed by atoms with Crippen LogP contribution in [0.4, 0.5) is 0 Å². The van der Waals surface area contributed by atoms with Crippen LogP contribution in [0.2, 0.25) is 0 Å². The Bertz CT molecular complexity index is 853. The van der Waals surface area contributed by atoms with Gasteiger partial charge in [0.1, 0.15) is 0 Å². The maximum absolute atomic E-state index is 12.2. The van der Waals surface area contributed by atoms with Crippen molar-refractivity contribution in [2.24, 2.45) is 10.9 Å². The third-order valence-corrected chi connectivity index (χ3v) is 4.10. The van der Waals surface area contributed by atoms with E-state index in [0.717, 1.165) is 28.0 Å². The van der Waals surface area contributed by atoms with Crippen molar-refractivity contribution >= 4 is 11.6 Å². The second kappa shape index (κ2) is 5.65. The fraction of sp³-hybridized carbons (Fsp3) is 0.105. The lowest BCUT2D eigenvalue weighted by molar-refractivity contribution is -0.114. The number of carbonyl (C=O) groups excluding carboxylic acids is 1. The maximum atomic E-state index is 12.2. The molecule has 4 rings (SSSR count). The van der Waals surface area contributed by atoms with E-state index >= 15 is 0 Å². The summed E-state index contributed by atoms with van der Waals surface area (Å²) in [4.78, 5) is 16.4. The number of dihydropyridines is 1. The van der Waals surface area contributed by atoms with Crippen LogP contribution < -0.4 is 0 Å². The fourth-order valence-electron chi connectivity index (χ4n) is 2.86. The fourth-order valence-corrected chi connectivity index (χ4v) is 2.86. The molecule has 1 aromatic heterocycles. The largest absolute Gasteiger partial charge is 0.285 e. The van der Waals surface area contributed by atoms with E-state index in [1.54, 1.807) is 6.20 Å². The molecule has 1 N–H and O–H groups in total. The van der Waals surface area contributed by atoms with Gasteiger partial charge in [-0.3, -0.25) is 9.89 Å². The Labute approximate surface area is 134 Å². The van der Waals surface area contributed by atoms with Crippen molar-refractivity contribution in [3.63, 3.8) is 0 Å². The highest BCUT2D eigenvalue weighted by atomic mass is 16.1. The molecule has 0 fully saturated rings. The predicted octanol–water partition coefficient (Wildman–Crippen LogP) is 3.27. The number of H-pyrrole nitrogens is 1. The molecule has 1 amide bonds. The molecule has 1 aromatic carbocycles. The first-order valence-electron chi connectivity index (χ1n) is 7.56. The number of hydrogen-bond acceptors (Lipinski definition) is 2. The first kappa shape index (κ1) is 13.6. The molecule has 23 heavy (non-hydrogen) atoms. The molecule has 0 spiro atoms. The Kier molecular flexibility index (Phi) is 3.35. The van der Waals surface area contributed by atoms with Crippen molar-refractivity contribution in [1.82, 2.24) is 10.2 Å². The second-order valence-electron chi connectivity index (χ2n) is 5.66. The molecule has 1 unspecified atom stereocenters. The summed E-state index contributed by atoms with van der Waals surface area (Å²) in [6, 6.07) is 8.19. The summed E-state index contributed by atoms with van der Waals surface area (Å²) in [5.41, 5.74) is 4.85. The molecule has 0 saturated carbocycles. The van der Waals surface area contributed by atoms with Crippen LogP contribution in [0.1, 0.15) is 5.56 Å². The molecule has 0 saturated heterocycles. The molecule has 2 aliphatic rings. The quantitative estimate of drug-likeness (QED) is 0.946. The predicted molar refractivity (Wildman–Crippen MR) is 90.0 cm³/mol. The van der Waals surface area contributed by atoms with E-state index in [4.69, 9.17) is 0 Å². The number of aliphatic imine (C=N–C) groups is 1. The lowest BCUT2D eigenvalue weighted by Crippen LogP contribution is -2.20. The molecular formula is C19H15N3O.